The summed E-state index contributed by atoms with van der Waals surface area (Å²) in [6.07, 6.45) is 3.07. The Labute approximate surface area is 237 Å². The molecule has 1 aliphatic heterocycles. The Kier molecular flexibility index (Phi) is 8.66. The number of rotatable bonds is 8. The van der Waals surface area contributed by atoms with E-state index in [4.69, 9.17) is 23.9 Å². The molecule has 1 aromatic carbocycles. The lowest BCUT2D eigenvalue weighted by atomic mass is 9.75. The van der Waals surface area contributed by atoms with Gasteiger partial charge in [-0.15, -0.1) is 0 Å². The zero-order valence-electron chi connectivity index (χ0n) is 24.6. The molecule has 3 aromatic rings. The monoisotopic (exact) mass is 549 g/mol. The topological polar surface area (TPSA) is 83.3 Å². The van der Waals surface area contributed by atoms with Gasteiger partial charge in [-0.3, -0.25) is 0 Å². The second-order valence-electron chi connectivity index (χ2n) is 11.8. The van der Waals surface area contributed by atoms with E-state index in [1.165, 1.54) is 0 Å². The lowest BCUT2D eigenvalue weighted by molar-refractivity contribution is -0.0990. The van der Waals surface area contributed by atoms with Gasteiger partial charge >= 0.3 is 6.16 Å². The van der Waals surface area contributed by atoms with Crippen molar-refractivity contribution in [2.75, 3.05) is 25.6 Å². The Bertz CT molecular complexity index is 1310. The number of imidazole rings is 1. The number of nitrogens with zero attached hydrogens (tertiary/aromatic N) is 2. The van der Waals surface area contributed by atoms with Crippen LogP contribution in [0.4, 0.5) is 10.5 Å². The molecule has 8 heteroatoms. The number of hydrogen-bond donors (Lipinski definition) is 1. The van der Waals surface area contributed by atoms with Crippen LogP contribution in [-0.4, -0.2) is 48.1 Å². The summed E-state index contributed by atoms with van der Waals surface area (Å²) in [6, 6.07) is 11.7. The van der Waals surface area contributed by atoms with Crippen molar-refractivity contribution in [2.24, 2.45) is 17.8 Å². The second kappa shape index (κ2) is 12.2. The van der Waals surface area contributed by atoms with E-state index in [1.54, 1.807) is 7.11 Å². The quantitative estimate of drug-likeness (QED) is 0.244. The Hall–Kier alpha value is -3.10. The molecule has 0 amide bonds. The molecule has 0 spiro atoms. The average molecular weight is 550 g/mol. The molecule has 3 unspecified atom stereocenters. The van der Waals surface area contributed by atoms with Crippen LogP contribution in [0, 0.1) is 31.6 Å². The molecule has 40 heavy (non-hydrogen) atoms. The highest BCUT2D eigenvalue weighted by Crippen LogP contribution is 2.45. The van der Waals surface area contributed by atoms with Gasteiger partial charge in [-0.2, -0.15) is 0 Å². The molecule has 0 saturated heterocycles. The lowest BCUT2D eigenvalue weighted by Gasteiger charge is -2.41. The Morgan fingerprint density at radius 2 is 1.88 bits per heavy atom. The van der Waals surface area contributed by atoms with Crippen molar-refractivity contribution in [1.29, 1.82) is 0 Å². The molecule has 3 heterocycles. The average Bonchev–Trinajstić information content (AvgIpc) is 3.23. The number of pyridine rings is 1. The van der Waals surface area contributed by atoms with Crippen LogP contribution in [-0.2, 0) is 18.9 Å². The number of aromatic nitrogens is 2. The van der Waals surface area contributed by atoms with Gasteiger partial charge in [-0.1, -0.05) is 57.5 Å². The van der Waals surface area contributed by atoms with Crippen molar-refractivity contribution in [3.8, 4) is 0 Å². The minimum absolute atomic E-state index is 0.154. The van der Waals surface area contributed by atoms with E-state index in [2.05, 4.69) is 37.4 Å². The molecule has 1 aliphatic carbocycles. The first-order valence-corrected chi connectivity index (χ1v) is 14.6. The summed E-state index contributed by atoms with van der Waals surface area (Å²) in [6.45, 7) is 11.5. The maximum absolute atomic E-state index is 13.5. The minimum Gasteiger partial charge on any atom is -0.431 e. The van der Waals surface area contributed by atoms with E-state index in [0.29, 0.717) is 31.0 Å². The number of hydrogen-bond acceptors (Lipinski definition) is 7. The molecule has 2 aromatic heterocycles. The summed E-state index contributed by atoms with van der Waals surface area (Å²) in [4.78, 5) is 18.4. The van der Waals surface area contributed by atoms with E-state index in [9.17, 15) is 4.79 Å². The summed E-state index contributed by atoms with van der Waals surface area (Å²) in [7, 11) is 1.65. The normalized spacial score (nSPS) is 26.4. The van der Waals surface area contributed by atoms with Crippen LogP contribution in [0.25, 0.3) is 5.65 Å². The molecular weight excluding hydrogens is 506 g/mol. The highest BCUT2D eigenvalue weighted by atomic mass is 16.7. The van der Waals surface area contributed by atoms with Crippen LogP contribution < -0.4 is 5.32 Å². The molecule has 1 fully saturated rings. The number of carbonyl (C=O) groups is 1. The summed E-state index contributed by atoms with van der Waals surface area (Å²) in [5, 5.41) is 3.68. The molecule has 216 valence electrons. The van der Waals surface area contributed by atoms with Crippen LogP contribution in [0.1, 0.15) is 74.7 Å². The third-order valence-corrected chi connectivity index (χ3v) is 8.72. The number of benzene rings is 1. The number of ether oxygens (including phenoxy) is 4. The summed E-state index contributed by atoms with van der Waals surface area (Å²) < 4.78 is 26.1. The number of carbonyl (C=O) groups excluding carboxylic acids is 1. The van der Waals surface area contributed by atoms with Crippen molar-refractivity contribution in [3.05, 3.63) is 65.1 Å². The Balaban J connectivity index is 1.51. The summed E-state index contributed by atoms with van der Waals surface area (Å²) >= 11 is 0. The van der Waals surface area contributed by atoms with Crippen LogP contribution in [0.2, 0.25) is 0 Å². The fourth-order valence-electron chi connectivity index (χ4n) is 6.35. The first kappa shape index (κ1) is 28.4. The third-order valence-electron chi connectivity index (χ3n) is 8.72. The Morgan fingerprint density at radius 1 is 1.10 bits per heavy atom. The fraction of sp³-hybridized carbons (Fsp3) is 0.562. The van der Waals surface area contributed by atoms with Gasteiger partial charge < -0.3 is 28.7 Å². The predicted octanol–water partition coefficient (Wildman–Crippen LogP) is 6.80. The van der Waals surface area contributed by atoms with Gasteiger partial charge in [0.2, 0.25) is 0 Å². The van der Waals surface area contributed by atoms with Gasteiger partial charge in [-0.05, 0) is 56.1 Å². The predicted molar refractivity (Wildman–Crippen MR) is 155 cm³/mol. The van der Waals surface area contributed by atoms with Gasteiger partial charge in [0.15, 0.2) is 11.8 Å². The first-order chi connectivity index (χ1) is 19.3. The number of nitrogens with one attached hydrogen (secondary N) is 1. The Morgan fingerprint density at radius 3 is 2.60 bits per heavy atom. The maximum Gasteiger partial charge on any atom is 0.509 e. The van der Waals surface area contributed by atoms with Crippen LogP contribution in [0.3, 0.4) is 0 Å². The molecule has 2 aliphatic rings. The van der Waals surface area contributed by atoms with Gasteiger partial charge in [0.05, 0.1) is 30.6 Å². The van der Waals surface area contributed by atoms with Gasteiger partial charge in [0, 0.05) is 24.6 Å². The first-order valence-electron chi connectivity index (χ1n) is 14.6. The molecule has 8 nitrogen and oxygen atoms in total. The van der Waals surface area contributed by atoms with Crippen molar-refractivity contribution < 1.29 is 23.7 Å². The van der Waals surface area contributed by atoms with E-state index in [1.807, 2.05) is 49.5 Å². The zero-order valence-corrected chi connectivity index (χ0v) is 24.6. The number of fused-ring (bicyclic) bond motifs is 3. The molecule has 0 radical (unpaired) electrons. The summed E-state index contributed by atoms with van der Waals surface area (Å²) in [5.41, 5.74) is 5.63. The van der Waals surface area contributed by atoms with E-state index in [0.717, 1.165) is 53.1 Å². The molecular formula is C32H43N3O5. The van der Waals surface area contributed by atoms with Crippen molar-refractivity contribution in [1.82, 2.24) is 9.38 Å². The van der Waals surface area contributed by atoms with Crippen molar-refractivity contribution in [3.63, 3.8) is 0 Å². The highest BCUT2D eigenvalue weighted by Gasteiger charge is 2.43. The molecule has 1 saturated carbocycles. The van der Waals surface area contributed by atoms with E-state index < -0.39 is 18.4 Å². The minimum atomic E-state index is -0.669. The lowest BCUT2D eigenvalue weighted by Crippen LogP contribution is -2.43. The van der Waals surface area contributed by atoms with Gasteiger partial charge in [0.1, 0.15) is 12.2 Å². The van der Waals surface area contributed by atoms with Crippen molar-refractivity contribution >= 4 is 17.5 Å². The largest absolute Gasteiger partial charge is 0.509 e. The molecule has 6 atom stereocenters. The second-order valence-corrected chi connectivity index (χ2v) is 11.8. The van der Waals surface area contributed by atoms with Crippen LogP contribution >= 0.6 is 0 Å². The van der Waals surface area contributed by atoms with Crippen molar-refractivity contribution in [2.45, 2.75) is 78.2 Å². The zero-order chi connectivity index (χ0) is 28.4. The fourth-order valence-corrected chi connectivity index (χ4v) is 6.35. The third kappa shape index (κ3) is 5.70. The van der Waals surface area contributed by atoms with Crippen LogP contribution in [0.15, 0.2) is 42.6 Å². The standard InChI is InChI=1S/C32H43N3O5/c1-19(2)24-13-12-20(3)18-26(24)39-32(36)40-30-27(23-10-8-7-9-11-23)34-28-25(29(30)38-17-16-37-6)14-15-35-22(5)21(4)33-31(28)35/h7-11,14-15,19-20,24,26-27,29-30,34H,12-13,16-18H2,1-6H3/t20?,24?,26?,27-,29-,30-/m1/s1. The molecule has 1 N–H and O–H groups in total. The maximum atomic E-state index is 13.5. The van der Waals surface area contributed by atoms with E-state index in [-0.39, 0.29) is 12.1 Å². The smallest absolute Gasteiger partial charge is 0.431 e. The summed E-state index contributed by atoms with van der Waals surface area (Å²) in [5.74, 6) is 1.27. The van der Waals surface area contributed by atoms with E-state index >= 15 is 0 Å². The van der Waals surface area contributed by atoms with Crippen LogP contribution in [0.5, 0.6) is 0 Å². The number of anilines is 1. The SMILES string of the molecule is COCCO[C@@H]1c2ccn3c(C)c(C)nc3c2N[C@H](c2ccccc2)[C@H]1OC(=O)OC1CC(C)CCC1C(C)C. The van der Waals surface area contributed by atoms with Gasteiger partial charge in [0.25, 0.3) is 0 Å². The number of methoxy groups -OCH3 is 1. The highest BCUT2D eigenvalue weighted by molar-refractivity contribution is 5.76. The number of aryl methyl sites for hydroxylation is 2. The molecule has 0 bridgehead atoms. The molecule has 5 rings (SSSR count). The van der Waals surface area contributed by atoms with Gasteiger partial charge in [-0.25, -0.2) is 9.78 Å².